The summed E-state index contributed by atoms with van der Waals surface area (Å²) >= 11 is 0. The van der Waals surface area contributed by atoms with E-state index in [1.807, 2.05) is 37.3 Å². The topological polar surface area (TPSA) is 61.4 Å². The summed E-state index contributed by atoms with van der Waals surface area (Å²) in [7, 11) is 0. The lowest BCUT2D eigenvalue weighted by Crippen LogP contribution is -2.44. The van der Waals surface area contributed by atoms with Gasteiger partial charge in [0.25, 0.3) is 0 Å². The molecule has 4 heteroatoms. The predicted molar refractivity (Wildman–Crippen MR) is 83.8 cm³/mol. The molecular formula is C17H26N2O2. The minimum atomic E-state index is -0.534. The van der Waals surface area contributed by atoms with E-state index in [0.29, 0.717) is 12.5 Å². The fourth-order valence-corrected chi connectivity index (χ4v) is 2.94. The first-order valence-corrected chi connectivity index (χ1v) is 7.83. The minimum absolute atomic E-state index is 0.0297. The van der Waals surface area contributed by atoms with E-state index in [2.05, 4.69) is 17.6 Å². The third-order valence-corrected chi connectivity index (χ3v) is 4.14. The van der Waals surface area contributed by atoms with Crippen molar-refractivity contribution in [1.29, 1.82) is 0 Å². The molecule has 3 N–H and O–H groups in total. The van der Waals surface area contributed by atoms with E-state index < -0.39 is 6.10 Å². The summed E-state index contributed by atoms with van der Waals surface area (Å²) in [5, 5.41) is 16.6. The van der Waals surface area contributed by atoms with Crippen LogP contribution in [0.5, 0.6) is 0 Å². The van der Waals surface area contributed by atoms with Gasteiger partial charge in [-0.25, -0.2) is 0 Å². The Bertz CT molecular complexity index is 449. The predicted octanol–water partition coefficient (Wildman–Crippen LogP) is 2.00. The Morgan fingerprint density at radius 3 is 2.81 bits per heavy atom. The van der Waals surface area contributed by atoms with Gasteiger partial charge in [-0.2, -0.15) is 0 Å². The molecule has 116 valence electrons. The molecule has 1 aliphatic rings. The molecule has 0 aromatic heterocycles. The smallest absolute Gasteiger partial charge is 0.223 e. The zero-order valence-corrected chi connectivity index (χ0v) is 12.9. The molecule has 1 fully saturated rings. The number of nitrogens with one attached hydrogen (secondary N) is 2. The van der Waals surface area contributed by atoms with E-state index in [1.165, 1.54) is 0 Å². The summed E-state index contributed by atoms with van der Waals surface area (Å²) in [4.78, 5) is 12.3. The van der Waals surface area contributed by atoms with Crippen molar-refractivity contribution in [3.63, 3.8) is 0 Å². The lowest BCUT2D eigenvalue weighted by atomic mass is 9.92. The zero-order chi connectivity index (χ0) is 15.2. The van der Waals surface area contributed by atoms with Gasteiger partial charge in [0.1, 0.15) is 0 Å². The number of hydrogen-bond acceptors (Lipinski definition) is 3. The maximum Gasteiger partial charge on any atom is 0.223 e. The highest BCUT2D eigenvalue weighted by atomic mass is 16.3. The number of amides is 1. The van der Waals surface area contributed by atoms with Crippen LogP contribution in [0.1, 0.15) is 44.8 Å². The van der Waals surface area contributed by atoms with Gasteiger partial charge in [-0.15, -0.1) is 0 Å². The Kier molecular flexibility index (Phi) is 5.76. The first-order chi connectivity index (χ1) is 10.1. The quantitative estimate of drug-likeness (QED) is 0.777. The second-order valence-corrected chi connectivity index (χ2v) is 6.15. The molecule has 2 unspecified atom stereocenters. The van der Waals surface area contributed by atoms with Crippen molar-refractivity contribution >= 4 is 5.91 Å². The summed E-state index contributed by atoms with van der Waals surface area (Å²) in [5.41, 5.74) is 0.897. The fourth-order valence-electron chi connectivity index (χ4n) is 2.94. The van der Waals surface area contributed by atoms with E-state index >= 15 is 0 Å². The van der Waals surface area contributed by atoms with Crippen LogP contribution in [-0.4, -0.2) is 29.6 Å². The highest BCUT2D eigenvalue weighted by molar-refractivity contribution is 5.79. The number of piperidine rings is 1. The van der Waals surface area contributed by atoms with Crippen LogP contribution in [-0.2, 0) is 4.79 Å². The highest BCUT2D eigenvalue weighted by Crippen LogP contribution is 2.19. The molecule has 0 aliphatic carbocycles. The van der Waals surface area contributed by atoms with Crippen molar-refractivity contribution < 1.29 is 9.90 Å². The molecule has 21 heavy (non-hydrogen) atoms. The number of aliphatic hydroxyl groups is 1. The average molecular weight is 290 g/mol. The standard InChI is InChI=1S/C17H26N2O2/c1-12-10-15(8-9-18-12)17(21)19-13(2)11-16(20)14-6-4-3-5-7-14/h3-7,12-13,15-16,18,20H,8-11H2,1-2H3,(H,19,21)/t12-,13?,15-,16?/m0/s1. The maximum absolute atomic E-state index is 12.3. The van der Waals surface area contributed by atoms with Gasteiger partial charge in [-0.05, 0) is 45.2 Å². The van der Waals surface area contributed by atoms with Crippen molar-refractivity contribution in [2.24, 2.45) is 5.92 Å². The van der Waals surface area contributed by atoms with Crippen molar-refractivity contribution in [3.05, 3.63) is 35.9 Å². The maximum atomic E-state index is 12.3. The first kappa shape index (κ1) is 16.0. The number of carbonyl (C=O) groups excluding carboxylic acids is 1. The zero-order valence-electron chi connectivity index (χ0n) is 12.9. The summed E-state index contributed by atoms with van der Waals surface area (Å²) in [5.74, 6) is 0.216. The van der Waals surface area contributed by atoms with Gasteiger partial charge in [0, 0.05) is 18.0 Å². The van der Waals surface area contributed by atoms with Crippen molar-refractivity contribution in [1.82, 2.24) is 10.6 Å². The monoisotopic (exact) mass is 290 g/mol. The molecule has 2 rings (SSSR count). The summed E-state index contributed by atoms with van der Waals surface area (Å²) < 4.78 is 0. The van der Waals surface area contributed by atoms with Gasteiger partial charge in [-0.1, -0.05) is 30.3 Å². The van der Waals surface area contributed by atoms with Crippen LogP contribution in [0, 0.1) is 5.92 Å². The second-order valence-electron chi connectivity index (χ2n) is 6.15. The van der Waals surface area contributed by atoms with Crippen LogP contribution in [0.4, 0.5) is 0 Å². The molecule has 1 aromatic carbocycles. The first-order valence-electron chi connectivity index (χ1n) is 7.83. The van der Waals surface area contributed by atoms with E-state index in [0.717, 1.165) is 24.9 Å². The minimum Gasteiger partial charge on any atom is -0.388 e. The normalized spacial score (nSPS) is 25.1. The number of carbonyl (C=O) groups is 1. The molecule has 0 bridgehead atoms. The van der Waals surface area contributed by atoms with Gasteiger partial charge >= 0.3 is 0 Å². The molecule has 0 radical (unpaired) electrons. The van der Waals surface area contributed by atoms with Crippen LogP contribution in [0.15, 0.2) is 30.3 Å². The largest absolute Gasteiger partial charge is 0.388 e. The number of rotatable bonds is 5. The molecule has 1 heterocycles. The molecule has 1 aromatic rings. The lowest BCUT2D eigenvalue weighted by Gasteiger charge is -2.28. The third-order valence-electron chi connectivity index (χ3n) is 4.14. The van der Waals surface area contributed by atoms with Crippen LogP contribution >= 0.6 is 0 Å². The van der Waals surface area contributed by atoms with Gasteiger partial charge in [-0.3, -0.25) is 4.79 Å². The van der Waals surface area contributed by atoms with Crippen LogP contribution < -0.4 is 10.6 Å². The Morgan fingerprint density at radius 2 is 2.14 bits per heavy atom. The lowest BCUT2D eigenvalue weighted by molar-refractivity contribution is -0.126. The molecule has 1 saturated heterocycles. The molecule has 4 atom stereocenters. The molecule has 1 amide bonds. The van der Waals surface area contributed by atoms with E-state index in [-0.39, 0.29) is 17.9 Å². The van der Waals surface area contributed by atoms with E-state index in [4.69, 9.17) is 0 Å². The van der Waals surface area contributed by atoms with E-state index in [1.54, 1.807) is 0 Å². The van der Waals surface area contributed by atoms with E-state index in [9.17, 15) is 9.90 Å². The van der Waals surface area contributed by atoms with Gasteiger partial charge in [0.05, 0.1) is 6.10 Å². The highest BCUT2D eigenvalue weighted by Gasteiger charge is 2.25. The van der Waals surface area contributed by atoms with Gasteiger partial charge in [0.2, 0.25) is 5.91 Å². The summed E-state index contributed by atoms with van der Waals surface area (Å²) in [6, 6.07) is 9.95. The second kappa shape index (κ2) is 7.57. The van der Waals surface area contributed by atoms with Crippen molar-refractivity contribution in [3.8, 4) is 0 Å². The number of hydrogen-bond donors (Lipinski definition) is 3. The number of benzene rings is 1. The average Bonchev–Trinajstić information content (AvgIpc) is 2.48. The van der Waals surface area contributed by atoms with Crippen LogP contribution in [0.2, 0.25) is 0 Å². The Hall–Kier alpha value is -1.39. The number of aliphatic hydroxyl groups excluding tert-OH is 1. The summed E-state index contributed by atoms with van der Waals surface area (Å²) in [6.07, 6.45) is 1.79. The van der Waals surface area contributed by atoms with Gasteiger partial charge < -0.3 is 15.7 Å². The molecular weight excluding hydrogens is 264 g/mol. The Morgan fingerprint density at radius 1 is 1.43 bits per heavy atom. The van der Waals surface area contributed by atoms with Gasteiger partial charge in [0.15, 0.2) is 0 Å². The third kappa shape index (κ3) is 4.83. The SMILES string of the molecule is CC(CC(O)c1ccccc1)NC(=O)[C@H]1CCN[C@@H](C)C1. The van der Waals surface area contributed by atoms with Crippen molar-refractivity contribution in [2.45, 2.75) is 51.3 Å². The van der Waals surface area contributed by atoms with Crippen molar-refractivity contribution in [2.75, 3.05) is 6.54 Å². The molecule has 0 saturated carbocycles. The Labute approximate surface area is 126 Å². The molecule has 4 nitrogen and oxygen atoms in total. The molecule has 0 spiro atoms. The molecule has 1 aliphatic heterocycles. The van der Waals surface area contributed by atoms with Crippen LogP contribution in [0.3, 0.4) is 0 Å². The van der Waals surface area contributed by atoms with Crippen LogP contribution in [0.25, 0.3) is 0 Å². The summed E-state index contributed by atoms with van der Waals surface area (Å²) in [6.45, 7) is 4.97. The fraction of sp³-hybridized carbons (Fsp3) is 0.588. The Balaban J connectivity index is 1.81.